The molecule has 1 atom stereocenters. The fourth-order valence-electron chi connectivity index (χ4n) is 4.16. The van der Waals surface area contributed by atoms with E-state index in [4.69, 9.17) is 4.99 Å². The quantitative estimate of drug-likeness (QED) is 0.431. The zero-order valence-electron chi connectivity index (χ0n) is 16.5. The molecule has 0 spiro atoms. The van der Waals surface area contributed by atoms with Crippen LogP contribution in [-0.2, 0) is 6.42 Å². The number of pyridine rings is 1. The molecule has 5 rings (SSSR count). The molecule has 3 heterocycles. The fraction of sp³-hybridized carbons (Fsp3) is 0.208. The fourth-order valence-corrected chi connectivity index (χ4v) is 5.01. The van der Waals surface area contributed by atoms with Gasteiger partial charge in [0.1, 0.15) is 5.65 Å². The lowest BCUT2D eigenvalue weighted by Crippen LogP contribution is -2.01. The number of rotatable bonds is 4. The lowest BCUT2D eigenvalue weighted by Gasteiger charge is -2.12. The third kappa shape index (κ3) is 3.21. The zero-order chi connectivity index (χ0) is 19.8. The summed E-state index contributed by atoms with van der Waals surface area (Å²) in [6.07, 6.45) is 8.13. The summed E-state index contributed by atoms with van der Waals surface area (Å²) in [5.41, 5.74) is 9.66. The van der Waals surface area contributed by atoms with Gasteiger partial charge in [-0.25, -0.2) is 9.97 Å². The Bertz CT molecular complexity index is 1240. The van der Waals surface area contributed by atoms with Crippen LogP contribution in [0.3, 0.4) is 0 Å². The number of aliphatic imine (C=N–C) groups is 1. The van der Waals surface area contributed by atoms with Crippen LogP contribution in [0.15, 0.2) is 65.4 Å². The molecule has 1 aliphatic carbocycles. The maximum Gasteiger partial charge on any atom is 0.137 e. The van der Waals surface area contributed by atoms with Gasteiger partial charge in [0.25, 0.3) is 0 Å². The summed E-state index contributed by atoms with van der Waals surface area (Å²) in [7, 11) is 0. The molecule has 144 valence electrons. The Labute approximate surface area is 174 Å². The molecule has 0 saturated carbocycles. The van der Waals surface area contributed by atoms with Crippen LogP contribution in [0.4, 0.5) is 0 Å². The Morgan fingerprint density at radius 2 is 2.17 bits per heavy atom. The van der Waals surface area contributed by atoms with Crippen molar-refractivity contribution in [2.75, 3.05) is 0 Å². The summed E-state index contributed by atoms with van der Waals surface area (Å²) in [6.45, 7) is 4.11. The average molecular weight is 399 g/mol. The second kappa shape index (κ2) is 7.41. The molecule has 0 bridgehead atoms. The molecule has 0 aliphatic heterocycles. The average Bonchev–Trinajstić information content (AvgIpc) is 3.47. The van der Waals surface area contributed by atoms with Gasteiger partial charge in [-0.05, 0) is 56.0 Å². The molecule has 5 heteroatoms. The summed E-state index contributed by atoms with van der Waals surface area (Å²) in [5.74, 6) is 0.407. The molecule has 0 fully saturated rings. The minimum absolute atomic E-state index is 0.407. The van der Waals surface area contributed by atoms with Gasteiger partial charge < -0.3 is 4.98 Å². The predicted octanol–water partition coefficient (Wildman–Crippen LogP) is 5.97. The van der Waals surface area contributed by atoms with Gasteiger partial charge in [-0.2, -0.15) is 0 Å². The van der Waals surface area contributed by atoms with Crippen molar-refractivity contribution in [2.24, 2.45) is 4.99 Å². The number of thiazole rings is 1. The number of H-pyrrole nitrogens is 1. The normalized spacial score (nSPS) is 17.1. The van der Waals surface area contributed by atoms with Crippen molar-refractivity contribution in [1.82, 2.24) is 15.0 Å². The maximum absolute atomic E-state index is 4.98. The summed E-state index contributed by atoms with van der Waals surface area (Å²) < 4.78 is 0. The number of benzene rings is 1. The van der Waals surface area contributed by atoms with Crippen LogP contribution < -0.4 is 0 Å². The van der Waals surface area contributed by atoms with Gasteiger partial charge in [0.2, 0.25) is 0 Å². The van der Waals surface area contributed by atoms with Crippen molar-refractivity contribution in [3.8, 4) is 0 Å². The topological polar surface area (TPSA) is 53.9 Å². The summed E-state index contributed by atoms with van der Waals surface area (Å²) >= 11 is 1.78. The van der Waals surface area contributed by atoms with E-state index in [-0.39, 0.29) is 0 Å². The SMILES string of the molecule is C/C=C(\N=C(/C)c1cccc(C2CCc3scnc32)c1)c1c[nH]c2ncccc12. The molecule has 4 aromatic rings. The van der Waals surface area contributed by atoms with Crippen molar-refractivity contribution in [2.45, 2.75) is 32.6 Å². The smallest absolute Gasteiger partial charge is 0.137 e. The first kappa shape index (κ1) is 18.0. The van der Waals surface area contributed by atoms with Crippen LogP contribution in [0.25, 0.3) is 16.7 Å². The van der Waals surface area contributed by atoms with Crippen molar-refractivity contribution in [1.29, 1.82) is 0 Å². The van der Waals surface area contributed by atoms with Crippen molar-refractivity contribution in [3.05, 3.63) is 87.6 Å². The Morgan fingerprint density at radius 3 is 3.07 bits per heavy atom. The van der Waals surface area contributed by atoms with E-state index in [9.17, 15) is 0 Å². The van der Waals surface area contributed by atoms with Gasteiger partial charge in [-0.15, -0.1) is 11.3 Å². The second-order valence-electron chi connectivity index (χ2n) is 7.35. The van der Waals surface area contributed by atoms with E-state index in [0.717, 1.165) is 46.4 Å². The number of hydrogen-bond acceptors (Lipinski definition) is 4. The molecule has 1 aromatic carbocycles. The molecular weight excluding hydrogens is 376 g/mol. The third-order valence-corrected chi connectivity index (χ3v) is 6.57. The second-order valence-corrected chi connectivity index (χ2v) is 8.29. The molecule has 0 saturated heterocycles. The zero-order valence-corrected chi connectivity index (χ0v) is 17.3. The standard InChI is InChI=1S/C24H22N4S/c1-3-21(20-13-26-24-19(20)8-5-11-25-24)28-15(2)16-6-4-7-17(12-16)18-9-10-22-23(18)27-14-29-22/h3-8,11-14,18H,9-10H2,1-2H3,(H,25,26)/b21-3-,28-15+. The van der Waals surface area contributed by atoms with E-state index >= 15 is 0 Å². The molecule has 0 amide bonds. The number of aryl methyl sites for hydroxylation is 1. The van der Waals surface area contributed by atoms with Crippen molar-refractivity contribution in [3.63, 3.8) is 0 Å². The van der Waals surface area contributed by atoms with Gasteiger partial charge >= 0.3 is 0 Å². The highest BCUT2D eigenvalue weighted by atomic mass is 32.1. The highest BCUT2D eigenvalue weighted by Crippen LogP contribution is 2.39. The third-order valence-electron chi connectivity index (χ3n) is 5.66. The van der Waals surface area contributed by atoms with E-state index in [1.54, 1.807) is 17.5 Å². The van der Waals surface area contributed by atoms with E-state index in [1.165, 1.54) is 16.1 Å². The molecular formula is C24H22N4S. The van der Waals surface area contributed by atoms with Gasteiger partial charge in [-0.3, -0.25) is 4.99 Å². The summed E-state index contributed by atoms with van der Waals surface area (Å²) in [6, 6.07) is 12.8. The lowest BCUT2D eigenvalue weighted by atomic mass is 9.94. The Balaban J connectivity index is 1.49. The van der Waals surface area contributed by atoms with Crippen LogP contribution in [0.1, 0.15) is 53.4 Å². The van der Waals surface area contributed by atoms with Gasteiger partial charge in [0.15, 0.2) is 0 Å². The maximum atomic E-state index is 4.98. The van der Waals surface area contributed by atoms with E-state index in [1.807, 2.05) is 24.7 Å². The predicted molar refractivity (Wildman–Crippen MR) is 121 cm³/mol. The van der Waals surface area contributed by atoms with Gasteiger partial charge in [0.05, 0.1) is 16.9 Å². The van der Waals surface area contributed by atoms with E-state index in [2.05, 4.69) is 58.3 Å². The monoisotopic (exact) mass is 398 g/mol. The number of fused-ring (bicyclic) bond motifs is 2. The number of nitrogens with one attached hydrogen (secondary N) is 1. The first-order chi connectivity index (χ1) is 14.2. The Hall–Kier alpha value is -3.05. The molecule has 1 aliphatic rings. The number of nitrogens with zero attached hydrogens (tertiary/aromatic N) is 3. The highest BCUT2D eigenvalue weighted by Gasteiger charge is 2.26. The summed E-state index contributed by atoms with van der Waals surface area (Å²) in [5, 5.41) is 1.09. The molecule has 4 nitrogen and oxygen atoms in total. The van der Waals surface area contributed by atoms with Crippen LogP contribution in [0, 0.1) is 0 Å². The van der Waals surface area contributed by atoms with Crippen LogP contribution in [-0.4, -0.2) is 20.7 Å². The Morgan fingerprint density at radius 1 is 1.24 bits per heavy atom. The minimum atomic E-state index is 0.407. The van der Waals surface area contributed by atoms with E-state index in [0.29, 0.717) is 5.92 Å². The molecule has 0 radical (unpaired) electrons. The van der Waals surface area contributed by atoms with Crippen LogP contribution in [0.2, 0.25) is 0 Å². The largest absolute Gasteiger partial charge is 0.345 e. The molecule has 29 heavy (non-hydrogen) atoms. The number of allylic oxidation sites excluding steroid dienone is 1. The number of hydrogen-bond donors (Lipinski definition) is 1. The number of aromatic nitrogens is 3. The van der Waals surface area contributed by atoms with E-state index < -0.39 is 0 Å². The first-order valence-corrected chi connectivity index (χ1v) is 10.8. The first-order valence-electron chi connectivity index (χ1n) is 9.91. The molecule has 3 aromatic heterocycles. The minimum Gasteiger partial charge on any atom is -0.345 e. The van der Waals surface area contributed by atoms with Gasteiger partial charge in [0, 0.05) is 39.9 Å². The highest BCUT2D eigenvalue weighted by molar-refractivity contribution is 7.09. The van der Waals surface area contributed by atoms with Crippen molar-refractivity contribution < 1.29 is 0 Å². The van der Waals surface area contributed by atoms with Gasteiger partial charge in [-0.1, -0.05) is 24.3 Å². The number of aromatic amines is 1. The van der Waals surface area contributed by atoms with Crippen LogP contribution in [0.5, 0.6) is 0 Å². The lowest BCUT2D eigenvalue weighted by molar-refractivity contribution is 0.772. The van der Waals surface area contributed by atoms with Crippen molar-refractivity contribution >= 4 is 33.8 Å². The van der Waals surface area contributed by atoms with Crippen LogP contribution >= 0.6 is 11.3 Å². The Kier molecular flexibility index (Phi) is 4.60. The molecule has 1 N–H and O–H groups in total. The summed E-state index contributed by atoms with van der Waals surface area (Å²) in [4.78, 5) is 18.7. The molecule has 1 unspecified atom stereocenters.